The van der Waals surface area contributed by atoms with Gasteiger partial charge in [0.05, 0.1) is 10.2 Å². The molecule has 0 saturated heterocycles. The summed E-state index contributed by atoms with van der Waals surface area (Å²) in [5.74, 6) is -0.559. The smallest absolute Gasteiger partial charge is 0.256 e. The van der Waals surface area contributed by atoms with E-state index in [-0.39, 0.29) is 17.1 Å². The minimum Gasteiger partial charge on any atom is -0.362 e. The Hall–Kier alpha value is -2.42. The maximum atomic E-state index is 13.7. The molecule has 1 aromatic heterocycles. The van der Waals surface area contributed by atoms with Crippen molar-refractivity contribution in [3.63, 3.8) is 0 Å². The summed E-state index contributed by atoms with van der Waals surface area (Å²) in [6.07, 6.45) is 3.27. The number of ketones is 1. The van der Waals surface area contributed by atoms with Crippen molar-refractivity contribution >= 4 is 66.1 Å². The molecule has 0 spiro atoms. The molecule has 2 N–H and O–H groups in total. The van der Waals surface area contributed by atoms with Crippen molar-refractivity contribution in [2.45, 2.75) is 44.4 Å². The molecular weight excluding hydrogens is 542 g/mol. The van der Waals surface area contributed by atoms with Gasteiger partial charge in [-0.05, 0) is 60.9 Å². The number of fused-ring (bicyclic) bond motifs is 1. The van der Waals surface area contributed by atoms with Gasteiger partial charge in [0.1, 0.15) is 0 Å². The van der Waals surface area contributed by atoms with Gasteiger partial charge in [0.25, 0.3) is 5.91 Å². The fourth-order valence-electron chi connectivity index (χ4n) is 4.98. The van der Waals surface area contributed by atoms with Crippen LogP contribution in [0.2, 0.25) is 0 Å². The number of nitrogens with one attached hydrogen (secondary N) is 2. The van der Waals surface area contributed by atoms with E-state index >= 15 is 0 Å². The maximum absolute atomic E-state index is 13.7. The molecule has 1 amide bonds. The lowest BCUT2D eigenvalue weighted by Gasteiger charge is -2.39. The number of aromatic nitrogens is 1. The van der Waals surface area contributed by atoms with Crippen LogP contribution in [0.15, 0.2) is 74.4 Å². The molecule has 0 radical (unpaired) electrons. The van der Waals surface area contributed by atoms with Crippen LogP contribution in [0, 0.1) is 5.41 Å². The van der Waals surface area contributed by atoms with Crippen LogP contribution in [0.25, 0.3) is 10.2 Å². The second-order valence-electron chi connectivity index (χ2n) is 9.79. The van der Waals surface area contributed by atoms with E-state index in [0.717, 1.165) is 43.0 Å². The predicted molar refractivity (Wildman–Crippen MR) is 148 cm³/mol. The third-order valence-electron chi connectivity index (χ3n) is 6.50. The first-order valence-corrected chi connectivity index (χ1v) is 14.2. The SMILES string of the molecule is CSc1ccc(C2C(C(=O)Nc3nc4ccc(Br)cc4s3)=C(C)NC3=C2C(=O)CC(C)(C)C3)cc1. The molecule has 2 aliphatic rings. The summed E-state index contributed by atoms with van der Waals surface area (Å²) in [4.78, 5) is 32.9. The van der Waals surface area contributed by atoms with Gasteiger partial charge >= 0.3 is 0 Å². The Balaban J connectivity index is 1.56. The van der Waals surface area contributed by atoms with E-state index in [1.165, 1.54) is 11.3 Å². The van der Waals surface area contributed by atoms with Crippen molar-refractivity contribution < 1.29 is 9.59 Å². The second-order valence-corrected chi connectivity index (χ2v) is 12.6. The highest BCUT2D eigenvalue weighted by Gasteiger charge is 2.42. The number of benzene rings is 2. The van der Waals surface area contributed by atoms with E-state index in [0.29, 0.717) is 22.7 Å². The van der Waals surface area contributed by atoms with E-state index in [1.54, 1.807) is 11.8 Å². The third kappa shape index (κ3) is 4.71. The van der Waals surface area contributed by atoms with Crippen LogP contribution >= 0.6 is 39.0 Å². The zero-order valence-electron chi connectivity index (χ0n) is 20.0. The van der Waals surface area contributed by atoms with E-state index in [4.69, 9.17) is 0 Å². The van der Waals surface area contributed by atoms with Crippen LogP contribution in [-0.4, -0.2) is 22.9 Å². The summed E-state index contributed by atoms with van der Waals surface area (Å²) in [7, 11) is 0. The highest BCUT2D eigenvalue weighted by molar-refractivity contribution is 9.10. The number of carbonyl (C=O) groups excluding carboxylic acids is 2. The quantitative estimate of drug-likeness (QED) is 0.331. The second kappa shape index (κ2) is 9.22. The molecule has 0 bridgehead atoms. The Morgan fingerprint density at radius 3 is 2.66 bits per heavy atom. The highest BCUT2D eigenvalue weighted by Crippen LogP contribution is 2.47. The number of rotatable bonds is 4. The lowest BCUT2D eigenvalue weighted by Crippen LogP contribution is -2.39. The highest BCUT2D eigenvalue weighted by atomic mass is 79.9. The molecular formula is C27H26BrN3O2S2. The van der Waals surface area contributed by atoms with Crippen molar-refractivity contribution in [2.24, 2.45) is 5.41 Å². The van der Waals surface area contributed by atoms with E-state index in [2.05, 4.69) is 57.5 Å². The van der Waals surface area contributed by atoms with Gasteiger partial charge in [-0.25, -0.2) is 4.98 Å². The predicted octanol–water partition coefficient (Wildman–Crippen LogP) is 7.02. The van der Waals surface area contributed by atoms with Crippen molar-refractivity contribution in [1.82, 2.24) is 10.3 Å². The molecule has 5 nitrogen and oxygen atoms in total. The van der Waals surface area contributed by atoms with Gasteiger partial charge in [0.2, 0.25) is 0 Å². The number of carbonyl (C=O) groups is 2. The molecule has 5 rings (SSSR count). The van der Waals surface area contributed by atoms with E-state index < -0.39 is 5.92 Å². The van der Waals surface area contributed by atoms with Crippen molar-refractivity contribution in [3.05, 3.63) is 75.0 Å². The Morgan fingerprint density at radius 2 is 1.94 bits per heavy atom. The van der Waals surface area contributed by atoms with Gasteiger partial charge in [-0.2, -0.15) is 0 Å². The number of hydrogen-bond donors (Lipinski definition) is 2. The fourth-order valence-corrected chi connectivity index (χ4v) is 6.80. The third-order valence-corrected chi connectivity index (χ3v) is 8.67. The van der Waals surface area contributed by atoms with Gasteiger partial charge in [-0.1, -0.05) is 53.2 Å². The molecule has 1 aliphatic carbocycles. The number of Topliss-reactive ketones (excluding diaryl/α,β-unsaturated/α-hetero) is 1. The van der Waals surface area contributed by atoms with E-state index in [1.807, 2.05) is 43.5 Å². The summed E-state index contributed by atoms with van der Waals surface area (Å²) >= 11 is 6.59. The molecule has 1 unspecified atom stereocenters. The Morgan fingerprint density at radius 1 is 1.20 bits per heavy atom. The number of amides is 1. The summed E-state index contributed by atoms with van der Waals surface area (Å²) < 4.78 is 1.95. The topological polar surface area (TPSA) is 71.1 Å². The number of hydrogen-bond acceptors (Lipinski definition) is 6. The standard InChI is InChI=1S/C27H26BrN3O2S2/c1-14-22(25(33)31-26-30-18-10-7-16(28)11-21(18)35-26)23(15-5-8-17(34-4)9-6-15)24-19(29-14)12-27(2,3)13-20(24)32/h5-11,23,29H,12-13H2,1-4H3,(H,30,31,33). The van der Waals surface area contributed by atoms with Gasteiger partial charge in [-0.15, -0.1) is 11.8 Å². The van der Waals surface area contributed by atoms with Crippen LogP contribution < -0.4 is 10.6 Å². The largest absolute Gasteiger partial charge is 0.362 e. The fraction of sp³-hybridized carbons (Fsp3) is 0.296. The summed E-state index contributed by atoms with van der Waals surface area (Å²) in [5, 5.41) is 6.98. The van der Waals surface area contributed by atoms with Gasteiger partial charge in [-0.3, -0.25) is 14.9 Å². The number of halogens is 1. The maximum Gasteiger partial charge on any atom is 0.256 e. The lowest BCUT2D eigenvalue weighted by molar-refractivity contribution is -0.118. The zero-order chi connectivity index (χ0) is 24.9. The zero-order valence-corrected chi connectivity index (χ0v) is 23.2. The number of dihydropyridines is 1. The molecule has 0 fully saturated rings. The lowest BCUT2D eigenvalue weighted by atomic mass is 9.68. The van der Waals surface area contributed by atoms with Crippen molar-refractivity contribution in [2.75, 3.05) is 11.6 Å². The Bertz CT molecular complexity index is 1420. The van der Waals surface area contributed by atoms with Crippen molar-refractivity contribution in [1.29, 1.82) is 0 Å². The van der Waals surface area contributed by atoms with Crippen LogP contribution in [0.5, 0.6) is 0 Å². The van der Waals surface area contributed by atoms with Gasteiger partial charge in [0.15, 0.2) is 10.9 Å². The van der Waals surface area contributed by atoms with Crippen molar-refractivity contribution in [3.8, 4) is 0 Å². The first-order valence-electron chi connectivity index (χ1n) is 11.4. The van der Waals surface area contributed by atoms with E-state index in [9.17, 15) is 9.59 Å². The monoisotopic (exact) mass is 567 g/mol. The first kappa shape index (κ1) is 24.3. The molecule has 180 valence electrons. The number of thiazole rings is 1. The average Bonchev–Trinajstić information content (AvgIpc) is 3.18. The first-order chi connectivity index (χ1) is 16.6. The van der Waals surface area contributed by atoms with Crippen LogP contribution in [-0.2, 0) is 9.59 Å². The Kier molecular flexibility index (Phi) is 6.40. The van der Waals surface area contributed by atoms with Gasteiger partial charge < -0.3 is 5.32 Å². The minimum atomic E-state index is -0.422. The summed E-state index contributed by atoms with van der Waals surface area (Å²) in [6, 6.07) is 14.0. The number of allylic oxidation sites excluding steroid dienone is 3. The summed E-state index contributed by atoms with van der Waals surface area (Å²) in [5.41, 5.74) is 4.64. The van der Waals surface area contributed by atoms with Gasteiger partial charge in [0, 0.05) is 44.2 Å². The molecule has 3 aromatic rings. The molecule has 35 heavy (non-hydrogen) atoms. The van der Waals surface area contributed by atoms with Crippen LogP contribution in [0.3, 0.4) is 0 Å². The summed E-state index contributed by atoms with van der Waals surface area (Å²) in [6.45, 7) is 6.15. The average molecular weight is 569 g/mol. The van der Waals surface area contributed by atoms with Crippen LogP contribution in [0.4, 0.5) is 5.13 Å². The number of anilines is 1. The molecule has 1 aliphatic heterocycles. The van der Waals surface area contributed by atoms with Crippen LogP contribution in [0.1, 0.15) is 45.1 Å². The molecule has 0 saturated carbocycles. The molecule has 2 aromatic carbocycles. The Labute approximate surface area is 221 Å². The molecule has 1 atom stereocenters. The molecule has 2 heterocycles. The minimum absolute atomic E-state index is 0.102. The normalized spacial score (nSPS) is 19.6. The number of nitrogens with zero attached hydrogens (tertiary/aromatic N) is 1. The number of thioether (sulfide) groups is 1. The molecule has 8 heteroatoms.